The predicted molar refractivity (Wildman–Crippen MR) is 114 cm³/mol. The van der Waals surface area contributed by atoms with Crippen LogP contribution < -0.4 is 0 Å². The zero-order valence-electron chi connectivity index (χ0n) is 16.6. The predicted octanol–water partition coefficient (Wildman–Crippen LogP) is 5.54. The molecule has 29 heavy (non-hydrogen) atoms. The van der Waals surface area contributed by atoms with Crippen molar-refractivity contribution >= 4 is 23.4 Å². The molecule has 4 nitrogen and oxygen atoms in total. The van der Waals surface area contributed by atoms with E-state index in [0.29, 0.717) is 22.6 Å². The number of methoxy groups -OCH3 is 1. The normalized spacial score (nSPS) is 11.7. The largest absolute Gasteiger partial charge is 0.465 e. The Kier molecular flexibility index (Phi) is 6.45. The Morgan fingerprint density at radius 2 is 1.72 bits per heavy atom. The van der Waals surface area contributed by atoms with E-state index < -0.39 is 0 Å². The topological polar surface area (TPSA) is 56.3 Å². The van der Waals surface area contributed by atoms with E-state index in [0.717, 1.165) is 22.4 Å². The van der Waals surface area contributed by atoms with Crippen molar-refractivity contribution in [2.75, 3.05) is 7.11 Å². The summed E-state index contributed by atoms with van der Waals surface area (Å²) in [4.78, 5) is 28.9. The third kappa shape index (κ3) is 4.90. The minimum Gasteiger partial charge on any atom is -0.465 e. The van der Waals surface area contributed by atoms with E-state index in [9.17, 15) is 9.59 Å². The molecule has 0 saturated heterocycles. The van der Waals surface area contributed by atoms with Gasteiger partial charge < -0.3 is 4.74 Å². The average Bonchev–Trinajstić information content (AvgIpc) is 2.72. The van der Waals surface area contributed by atoms with Gasteiger partial charge in [-0.2, -0.15) is 0 Å². The Balaban J connectivity index is 2.00. The fourth-order valence-electron chi connectivity index (χ4n) is 3.43. The third-order valence-corrected chi connectivity index (χ3v) is 5.18. The Morgan fingerprint density at radius 1 is 1.00 bits per heavy atom. The second kappa shape index (κ2) is 9.01. The molecule has 0 saturated carbocycles. The average molecular weight is 408 g/mol. The van der Waals surface area contributed by atoms with E-state index in [-0.39, 0.29) is 17.7 Å². The van der Waals surface area contributed by atoms with Crippen LogP contribution in [0.3, 0.4) is 0 Å². The summed E-state index contributed by atoms with van der Waals surface area (Å²) in [6, 6.07) is 16.4. The molecule has 0 aliphatic heterocycles. The maximum atomic E-state index is 13.0. The van der Waals surface area contributed by atoms with Crippen molar-refractivity contribution in [3.8, 4) is 0 Å². The van der Waals surface area contributed by atoms with Crippen molar-refractivity contribution in [3.63, 3.8) is 0 Å². The van der Waals surface area contributed by atoms with Crippen LogP contribution in [-0.4, -0.2) is 23.8 Å². The van der Waals surface area contributed by atoms with Crippen LogP contribution in [0.25, 0.3) is 0 Å². The summed E-state index contributed by atoms with van der Waals surface area (Å²) in [5.41, 5.74) is 4.90. The Morgan fingerprint density at radius 3 is 2.34 bits per heavy atom. The zero-order valence-corrected chi connectivity index (χ0v) is 17.4. The number of aromatic nitrogens is 1. The molecule has 1 unspecified atom stereocenters. The van der Waals surface area contributed by atoms with Crippen molar-refractivity contribution in [1.29, 1.82) is 0 Å². The van der Waals surface area contributed by atoms with Gasteiger partial charge >= 0.3 is 5.97 Å². The number of Topliss-reactive ketones (excluding diaryl/α,β-unsaturated/α-hetero) is 1. The molecule has 0 fully saturated rings. The summed E-state index contributed by atoms with van der Waals surface area (Å²) >= 11 is 6.13. The zero-order chi connectivity index (χ0) is 21.0. The van der Waals surface area contributed by atoms with Gasteiger partial charge in [0.1, 0.15) is 0 Å². The first-order chi connectivity index (χ1) is 13.9. The van der Waals surface area contributed by atoms with Gasteiger partial charge in [-0.05, 0) is 66.9 Å². The molecular formula is C24H22ClNO3. The van der Waals surface area contributed by atoms with Gasteiger partial charge in [-0.3, -0.25) is 9.78 Å². The number of benzene rings is 2. The van der Waals surface area contributed by atoms with Crippen molar-refractivity contribution < 1.29 is 14.3 Å². The fraction of sp³-hybridized carbons (Fsp3) is 0.208. The monoisotopic (exact) mass is 407 g/mol. The molecule has 5 heteroatoms. The van der Waals surface area contributed by atoms with Crippen molar-refractivity contribution in [1.82, 2.24) is 4.98 Å². The molecule has 0 bridgehead atoms. The van der Waals surface area contributed by atoms with Crippen LogP contribution in [0, 0.1) is 13.8 Å². The number of rotatable bonds is 6. The number of ketones is 1. The van der Waals surface area contributed by atoms with Gasteiger partial charge in [0.25, 0.3) is 0 Å². The first kappa shape index (κ1) is 20.7. The first-order valence-electron chi connectivity index (χ1n) is 9.29. The second-order valence-corrected chi connectivity index (χ2v) is 7.42. The van der Waals surface area contributed by atoms with Gasteiger partial charge in [0, 0.05) is 34.8 Å². The summed E-state index contributed by atoms with van der Waals surface area (Å²) in [5, 5.41) is 0.655. The highest BCUT2D eigenvalue weighted by Gasteiger charge is 2.22. The van der Waals surface area contributed by atoms with Crippen LogP contribution in [-0.2, 0) is 4.74 Å². The van der Waals surface area contributed by atoms with E-state index in [4.69, 9.17) is 16.3 Å². The highest BCUT2D eigenvalue weighted by Crippen LogP contribution is 2.33. The standard InChI is InChI=1S/C24H22ClNO3/c1-15-12-20(25)8-9-21(15)22(14-23(27)19-10-11-26-16(2)13-19)17-4-6-18(7-5-17)24(28)29-3/h4-13,22H,14H2,1-3H3. The summed E-state index contributed by atoms with van der Waals surface area (Å²) in [5.74, 6) is -0.522. The lowest BCUT2D eigenvalue weighted by Gasteiger charge is -2.20. The maximum Gasteiger partial charge on any atom is 0.337 e. The van der Waals surface area contributed by atoms with E-state index in [2.05, 4.69) is 4.98 Å². The first-order valence-corrected chi connectivity index (χ1v) is 9.67. The lowest BCUT2D eigenvalue weighted by atomic mass is 9.83. The van der Waals surface area contributed by atoms with Gasteiger partial charge in [-0.1, -0.05) is 29.8 Å². The molecular weight excluding hydrogens is 386 g/mol. The van der Waals surface area contributed by atoms with E-state index in [1.165, 1.54) is 7.11 Å². The molecule has 3 rings (SSSR count). The molecule has 0 N–H and O–H groups in total. The maximum absolute atomic E-state index is 13.0. The smallest absolute Gasteiger partial charge is 0.337 e. The van der Waals surface area contributed by atoms with Crippen LogP contribution in [0.4, 0.5) is 0 Å². The molecule has 1 atom stereocenters. The lowest BCUT2D eigenvalue weighted by molar-refractivity contribution is 0.0600. The minimum atomic E-state index is -0.390. The quantitative estimate of drug-likeness (QED) is 0.397. The highest BCUT2D eigenvalue weighted by molar-refractivity contribution is 6.30. The summed E-state index contributed by atoms with van der Waals surface area (Å²) < 4.78 is 4.77. The molecule has 1 aromatic heterocycles. The summed E-state index contributed by atoms with van der Waals surface area (Å²) in [6.07, 6.45) is 1.94. The summed E-state index contributed by atoms with van der Waals surface area (Å²) in [6.45, 7) is 3.85. The van der Waals surface area contributed by atoms with Gasteiger partial charge in [-0.25, -0.2) is 4.79 Å². The van der Waals surface area contributed by atoms with E-state index >= 15 is 0 Å². The van der Waals surface area contributed by atoms with Crippen LogP contribution >= 0.6 is 11.6 Å². The lowest BCUT2D eigenvalue weighted by Crippen LogP contribution is -2.11. The van der Waals surface area contributed by atoms with Gasteiger partial charge in [0.05, 0.1) is 12.7 Å². The number of aryl methyl sites for hydroxylation is 2. The van der Waals surface area contributed by atoms with E-state index in [1.807, 2.05) is 44.2 Å². The van der Waals surface area contributed by atoms with Gasteiger partial charge in [0.2, 0.25) is 0 Å². The molecule has 0 amide bonds. The SMILES string of the molecule is COC(=O)c1ccc(C(CC(=O)c2ccnc(C)c2)c2ccc(Cl)cc2C)cc1. The molecule has 0 aliphatic rings. The highest BCUT2D eigenvalue weighted by atomic mass is 35.5. The minimum absolute atomic E-state index is 0.0342. The molecule has 1 heterocycles. The molecule has 0 spiro atoms. The Labute approximate surface area is 175 Å². The number of hydrogen-bond donors (Lipinski definition) is 0. The van der Waals surface area contributed by atoms with Crippen molar-refractivity contribution in [2.24, 2.45) is 0 Å². The van der Waals surface area contributed by atoms with Gasteiger partial charge in [-0.15, -0.1) is 0 Å². The number of carbonyl (C=O) groups excluding carboxylic acids is 2. The number of pyridine rings is 1. The number of ether oxygens (including phenoxy) is 1. The molecule has 0 aliphatic carbocycles. The van der Waals surface area contributed by atoms with Crippen molar-refractivity contribution in [2.45, 2.75) is 26.2 Å². The van der Waals surface area contributed by atoms with Crippen LogP contribution in [0.5, 0.6) is 0 Å². The number of hydrogen-bond acceptors (Lipinski definition) is 4. The number of esters is 1. The molecule has 3 aromatic rings. The number of carbonyl (C=O) groups is 2. The fourth-order valence-corrected chi connectivity index (χ4v) is 3.66. The van der Waals surface area contributed by atoms with Crippen LogP contribution in [0.15, 0.2) is 60.8 Å². The van der Waals surface area contributed by atoms with Crippen LogP contribution in [0.1, 0.15) is 55.4 Å². The summed E-state index contributed by atoms with van der Waals surface area (Å²) in [7, 11) is 1.35. The number of nitrogens with zero attached hydrogens (tertiary/aromatic N) is 1. The van der Waals surface area contributed by atoms with E-state index in [1.54, 1.807) is 30.5 Å². The molecule has 148 valence electrons. The van der Waals surface area contributed by atoms with Gasteiger partial charge in [0.15, 0.2) is 5.78 Å². The van der Waals surface area contributed by atoms with Crippen LogP contribution in [0.2, 0.25) is 5.02 Å². The second-order valence-electron chi connectivity index (χ2n) is 6.98. The Bertz CT molecular complexity index is 1040. The molecule has 2 aromatic carbocycles. The van der Waals surface area contributed by atoms with Crippen molar-refractivity contribution in [3.05, 3.63) is 99.3 Å². The molecule has 0 radical (unpaired) electrons. The number of halogens is 1. The Hall–Kier alpha value is -2.98. The third-order valence-electron chi connectivity index (χ3n) is 4.95.